The Morgan fingerprint density at radius 3 is 2.68 bits per heavy atom. The number of aromatic nitrogens is 1. The second-order valence-corrected chi connectivity index (χ2v) is 6.55. The first-order valence-electron chi connectivity index (χ1n) is 8.54. The van der Waals surface area contributed by atoms with Crippen molar-refractivity contribution in [2.75, 3.05) is 14.2 Å². The standard InChI is InChI=1S/C21H21NO3/c1-24-18-8-9-19-17(11-18)12-20(15-6-7-15)22(19)13-14-4-3-5-16(10-14)21(23)25-2/h3-5,8-12,15H,6-7,13H2,1-2H3. The summed E-state index contributed by atoms with van der Waals surface area (Å²) in [5, 5.41) is 1.20. The maximum atomic E-state index is 11.8. The van der Waals surface area contributed by atoms with E-state index >= 15 is 0 Å². The summed E-state index contributed by atoms with van der Waals surface area (Å²) in [5.41, 5.74) is 4.25. The van der Waals surface area contributed by atoms with Crippen molar-refractivity contribution in [2.45, 2.75) is 25.3 Å². The van der Waals surface area contributed by atoms with Gasteiger partial charge in [0.2, 0.25) is 0 Å². The summed E-state index contributed by atoms with van der Waals surface area (Å²) in [4.78, 5) is 11.8. The van der Waals surface area contributed by atoms with Gasteiger partial charge in [0, 0.05) is 23.1 Å². The highest BCUT2D eigenvalue weighted by Crippen LogP contribution is 2.43. The molecule has 4 rings (SSSR count). The minimum absolute atomic E-state index is 0.300. The van der Waals surface area contributed by atoms with E-state index in [1.54, 1.807) is 13.2 Å². The molecule has 4 nitrogen and oxygen atoms in total. The first-order valence-corrected chi connectivity index (χ1v) is 8.54. The van der Waals surface area contributed by atoms with E-state index in [1.165, 1.54) is 36.5 Å². The molecule has 0 aliphatic heterocycles. The molecule has 1 fully saturated rings. The number of benzene rings is 2. The second kappa shape index (κ2) is 6.28. The second-order valence-electron chi connectivity index (χ2n) is 6.55. The lowest BCUT2D eigenvalue weighted by Crippen LogP contribution is -2.06. The van der Waals surface area contributed by atoms with Gasteiger partial charge in [-0.3, -0.25) is 0 Å². The predicted octanol–water partition coefficient (Wildman–Crippen LogP) is 4.36. The van der Waals surface area contributed by atoms with E-state index in [0.717, 1.165) is 17.9 Å². The van der Waals surface area contributed by atoms with Gasteiger partial charge in [-0.05, 0) is 60.7 Å². The molecule has 1 aliphatic carbocycles. The molecule has 2 aromatic carbocycles. The molecular formula is C21H21NO3. The maximum absolute atomic E-state index is 11.8. The highest BCUT2D eigenvalue weighted by Gasteiger charge is 2.28. The van der Waals surface area contributed by atoms with E-state index in [9.17, 15) is 4.79 Å². The van der Waals surface area contributed by atoms with Gasteiger partial charge in [0.1, 0.15) is 5.75 Å². The molecule has 0 spiro atoms. The molecule has 1 aliphatic rings. The van der Waals surface area contributed by atoms with Gasteiger partial charge in [-0.2, -0.15) is 0 Å². The third-order valence-electron chi connectivity index (χ3n) is 4.82. The van der Waals surface area contributed by atoms with Crippen LogP contribution in [-0.4, -0.2) is 24.8 Å². The summed E-state index contributed by atoms with van der Waals surface area (Å²) in [6.07, 6.45) is 2.49. The number of carbonyl (C=O) groups excluding carboxylic acids is 1. The van der Waals surface area contributed by atoms with E-state index in [2.05, 4.69) is 28.8 Å². The van der Waals surface area contributed by atoms with Crippen LogP contribution in [0.1, 0.15) is 40.4 Å². The number of nitrogens with zero attached hydrogens (tertiary/aromatic N) is 1. The van der Waals surface area contributed by atoms with Gasteiger partial charge in [-0.1, -0.05) is 12.1 Å². The van der Waals surface area contributed by atoms with Crippen molar-refractivity contribution in [3.05, 3.63) is 65.4 Å². The lowest BCUT2D eigenvalue weighted by Gasteiger charge is -2.12. The fourth-order valence-corrected chi connectivity index (χ4v) is 3.39. The van der Waals surface area contributed by atoms with Gasteiger partial charge in [-0.15, -0.1) is 0 Å². The largest absolute Gasteiger partial charge is 0.497 e. The van der Waals surface area contributed by atoms with E-state index in [4.69, 9.17) is 9.47 Å². The van der Waals surface area contributed by atoms with Crippen molar-refractivity contribution in [1.82, 2.24) is 4.57 Å². The number of fused-ring (bicyclic) bond motifs is 1. The van der Waals surface area contributed by atoms with Crippen LogP contribution in [0.3, 0.4) is 0 Å². The molecule has 3 aromatic rings. The van der Waals surface area contributed by atoms with E-state index in [1.807, 2.05) is 18.2 Å². The smallest absolute Gasteiger partial charge is 0.337 e. The Hall–Kier alpha value is -2.75. The number of hydrogen-bond acceptors (Lipinski definition) is 3. The molecule has 0 amide bonds. The number of ether oxygens (including phenoxy) is 2. The van der Waals surface area contributed by atoms with Crippen LogP contribution in [0.4, 0.5) is 0 Å². The van der Waals surface area contributed by atoms with Crippen LogP contribution < -0.4 is 4.74 Å². The normalized spacial score (nSPS) is 13.8. The Labute approximate surface area is 147 Å². The van der Waals surface area contributed by atoms with Crippen molar-refractivity contribution < 1.29 is 14.3 Å². The van der Waals surface area contributed by atoms with Crippen molar-refractivity contribution in [2.24, 2.45) is 0 Å². The van der Waals surface area contributed by atoms with Crippen LogP contribution in [0.2, 0.25) is 0 Å². The van der Waals surface area contributed by atoms with Crippen LogP contribution in [0.25, 0.3) is 10.9 Å². The van der Waals surface area contributed by atoms with Crippen molar-refractivity contribution in [3.8, 4) is 5.75 Å². The van der Waals surface area contributed by atoms with Gasteiger partial charge < -0.3 is 14.0 Å². The minimum atomic E-state index is -0.300. The van der Waals surface area contributed by atoms with Crippen LogP contribution in [-0.2, 0) is 11.3 Å². The van der Waals surface area contributed by atoms with Crippen molar-refractivity contribution in [3.63, 3.8) is 0 Å². The molecule has 25 heavy (non-hydrogen) atoms. The van der Waals surface area contributed by atoms with Gasteiger partial charge in [-0.25, -0.2) is 4.79 Å². The first-order chi connectivity index (χ1) is 12.2. The fraction of sp³-hybridized carbons (Fsp3) is 0.286. The number of rotatable bonds is 5. The van der Waals surface area contributed by atoms with Gasteiger partial charge in [0.15, 0.2) is 0 Å². The highest BCUT2D eigenvalue weighted by molar-refractivity contribution is 5.89. The molecule has 1 saturated carbocycles. The Morgan fingerprint density at radius 1 is 1.12 bits per heavy atom. The molecule has 0 saturated heterocycles. The summed E-state index contributed by atoms with van der Waals surface area (Å²) in [6, 6.07) is 16.1. The van der Waals surface area contributed by atoms with Crippen LogP contribution >= 0.6 is 0 Å². The van der Waals surface area contributed by atoms with Gasteiger partial charge in [0.05, 0.1) is 19.8 Å². The van der Waals surface area contributed by atoms with Crippen molar-refractivity contribution >= 4 is 16.9 Å². The highest BCUT2D eigenvalue weighted by atomic mass is 16.5. The van der Waals surface area contributed by atoms with E-state index < -0.39 is 0 Å². The summed E-state index contributed by atoms with van der Waals surface area (Å²) in [6.45, 7) is 0.743. The molecule has 128 valence electrons. The third kappa shape index (κ3) is 3.00. The average Bonchev–Trinajstić information content (AvgIpc) is 3.44. The predicted molar refractivity (Wildman–Crippen MR) is 97.3 cm³/mol. The summed E-state index contributed by atoms with van der Waals surface area (Å²) in [7, 11) is 3.10. The molecule has 0 N–H and O–H groups in total. The average molecular weight is 335 g/mol. The summed E-state index contributed by atoms with van der Waals surface area (Å²) < 4.78 is 12.6. The molecule has 1 heterocycles. The topological polar surface area (TPSA) is 40.5 Å². The molecule has 1 aromatic heterocycles. The Morgan fingerprint density at radius 2 is 1.96 bits per heavy atom. The van der Waals surface area contributed by atoms with Gasteiger partial charge >= 0.3 is 5.97 Å². The third-order valence-corrected chi connectivity index (χ3v) is 4.82. The molecule has 0 radical (unpaired) electrons. The maximum Gasteiger partial charge on any atom is 0.337 e. The zero-order valence-corrected chi connectivity index (χ0v) is 14.5. The summed E-state index contributed by atoms with van der Waals surface area (Å²) >= 11 is 0. The quantitative estimate of drug-likeness (QED) is 0.650. The molecule has 0 bridgehead atoms. The monoisotopic (exact) mass is 335 g/mol. The lowest BCUT2D eigenvalue weighted by molar-refractivity contribution is 0.0600. The molecule has 4 heteroatoms. The lowest BCUT2D eigenvalue weighted by atomic mass is 10.1. The molecular weight excluding hydrogens is 314 g/mol. The molecule has 0 atom stereocenters. The van der Waals surface area contributed by atoms with Crippen LogP contribution in [0, 0.1) is 0 Å². The SMILES string of the molecule is COC(=O)c1cccc(Cn2c(C3CC3)cc3cc(OC)ccc32)c1. The number of carbonyl (C=O) groups is 1. The van der Waals surface area contributed by atoms with E-state index in [0.29, 0.717) is 11.5 Å². The summed E-state index contributed by atoms with van der Waals surface area (Å²) in [5.74, 6) is 1.22. The van der Waals surface area contributed by atoms with E-state index in [-0.39, 0.29) is 5.97 Å². The van der Waals surface area contributed by atoms with Crippen molar-refractivity contribution in [1.29, 1.82) is 0 Å². The molecule has 0 unspecified atom stereocenters. The first kappa shape index (κ1) is 15.8. The van der Waals surface area contributed by atoms with Crippen LogP contribution in [0.15, 0.2) is 48.5 Å². The number of methoxy groups -OCH3 is 2. The Kier molecular flexibility index (Phi) is 3.96. The number of hydrogen-bond donors (Lipinski definition) is 0. The Balaban J connectivity index is 1.75. The Bertz CT molecular complexity index is 937. The zero-order chi connectivity index (χ0) is 17.4. The van der Waals surface area contributed by atoms with Crippen LogP contribution in [0.5, 0.6) is 5.75 Å². The van der Waals surface area contributed by atoms with Gasteiger partial charge in [0.25, 0.3) is 0 Å². The minimum Gasteiger partial charge on any atom is -0.497 e. The number of esters is 1. The fourth-order valence-electron chi connectivity index (χ4n) is 3.39. The zero-order valence-electron chi connectivity index (χ0n) is 14.5.